The number of carbonyl (C=O) groups is 1. The first-order valence-electron chi connectivity index (χ1n) is 7.43. The molecule has 3 nitrogen and oxygen atoms in total. The number of amides is 1. The molecule has 0 aliphatic heterocycles. The van der Waals surface area contributed by atoms with Crippen LogP contribution in [0.25, 0.3) is 0 Å². The Morgan fingerprint density at radius 1 is 1.14 bits per heavy atom. The van der Waals surface area contributed by atoms with E-state index in [0.29, 0.717) is 6.54 Å². The zero-order valence-corrected chi connectivity index (χ0v) is 12.8. The average molecular weight is 283 g/mol. The Kier molecular flexibility index (Phi) is 5.50. The number of nitrogens with one attached hydrogen (secondary N) is 1. The molecular weight excluding hydrogens is 260 g/mol. The van der Waals surface area contributed by atoms with Gasteiger partial charge in [0.25, 0.3) is 5.91 Å². The Labute approximate surface area is 126 Å². The van der Waals surface area contributed by atoms with Gasteiger partial charge < -0.3 is 5.32 Å². The number of pyridine rings is 1. The third-order valence-electron chi connectivity index (χ3n) is 3.60. The minimum absolute atomic E-state index is 0.0647. The van der Waals surface area contributed by atoms with Crippen LogP contribution in [0.4, 0.5) is 0 Å². The first-order chi connectivity index (χ1) is 10.1. The lowest BCUT2D eigenvalue weighted by molar-refractivity contribution is -0.690. The minimum Gasteiger partial charge on any atom is -0.348 e. The van der Waals surface area contributed by atoms with Crippen LogP contribution in [-0.2, 0) is 17.8 Å². The maximum absolute atomic E-state index is 12.1. The van der Waals surface area contributed by atoms with Gasteiger partial charge in [0.05, 0.1) is 0 Å². The van der Waals surface area contributed by atoms with Gasteiger partial charge in [-0.05, 0) is 25.3 Å². The Morgan fingerprint density at radius 3 is 2.57 bits per heavy atom. The van der Waals surface area contributed by atoms with Gasteiger partial charge in [-0.2, -0.15) is 4.57 Å². The Morgan fingerprint density at radius 2 is 1.86 bits per heavy atom. The second kappa shape index (κ2) is 7.58. The van der Waals surface area contributed by atoms with Crippen molar-refractivity contribution in [2.45, 2.75) is 39.3 Å². The molecule has 0 saturated carbocycles. The van der Waals surface area contributed by atoms with Crippen LogP contribution in [0.5, 0.6) is 0 Å². The Hall–Kier alpha value is -2.16. The van der Waals surface area contributed by atoms with Gasteiger partial charge in [0.15, 0.2) is 11.9 Å². The molecule has 1 heterocycles. The summed E-state index contributed by atoms with van der Waals surface area (Å²) in [5.41, 5.74) is 2.40. The molecular formula is C18H23N2O+. The van der Waals surface area contributed by atoms with Gasteiger partial charge >= 0.3 is 0 Å². The quantitative estimate of drug-likeness (QED) is 0.812. The molecule has 21 heavy (non-hydrogen) atoms. The first kappa shape index (κ1) is 15.2. The van der Waals surface area contributed by atoms with Crippen LogP contribution in [0, 0.1) is 6.92 Å². The second-order valence-corrected chi connectivity index (χ2v) is 5.46. The van der Waals surface area contributed by atoms with Crippen molar-refractivity contribution in [2.24, 2.45) is 0 Å². The zero-order valence-electron chi connectivity index (χ0n) is 12.8. The maximum atomic E-state index is 12.1. The van der Waals surface area contributed by atoms with Crippen LogP contribution < -0.4 is 9.88 Å². The number of rotatable bonds is 6. The fraction of sp³-hybridized carbons (Fsp3) is 0.333. The van der Waals surface area contributed by atoms with E-state index in [9.17, 15) is 4.79 Å². The number of hydrogen-bond donors (Lipinski definition) is 1. The van der Waals surface area contributed by atoms with Crippen molar-refractivity contribution in [1.29, 1.82) is 0 Å². The molecule has 0 aliphatic rings. The van der Waals surface area contributed by atoms with Crippen molar-refractivity contribution in [3.8, 4) is 0 Å². The van der Waals surface area contributed by atoms with Crippen LogP contribution in [0.3, 0.4) is 0 Å². The van der Waals surface area contributed by atoms with Crippen LogP contribution in [0.2, 0.25) is 0 Å². The molecule has 0 spiro atoms. The van der Waals surface area contributed by atoms with Crippen LogP contribution in [0.1, 0.15) is 24.6 Å². The van der Waals surface area contributed by atoms with E-state index < -0.39 is 0 Å². The molecule has 1 N–H and O–H groups in total. The monoisotopic (exact) mass is 283 g/mol. The lowest BCUT2D eigenvalue weighted by Crippen LogP contribution is -2.46. The number of benzene rings is 1. The van der Waals surface area contributed by atoms with E-state index in [1.807, 2.05) is 54.1 Å². The average Bonchev–Trinajstić information content (AvgIpc) is 2.48. The van der Waals surface area contributed by atoms with E-state index in [4.69, 9.17) is 0 Å². The lowest BCUT2D eigenvalue weighted by atomic mass is 10.1. The summed E-state index contributed by atoms with van der Waals surface area (Å²) in [7, 11) is 0. The smallest absolute Gasteiger partial charge is 0.286 e. The van der Waals surface area contributed by atoms with Crippen LogP contribution in [0.15, 0.2) is 54.7 Å². The number of aromatic nitrogens is 1. The summed E-state index contributed by atoms with van der Waals surface area (Å²) in [6.07, 6.45) is 3.87. The number of aryl methyl sites for hydroxylation is 2. The highest BCUT2D eigenvalue weighted by atomic mass is 16.2. The standard InChI is InChI=1S/C18H22N2O/c1-15(11-12-17-9-4-3-5-10-17)19-18(21)14-20-13-7-6-8-16(20)2/h3-10,13,15H,11-12,14H2,1-2H3/p+1/t15-/m0/s1. The Balaban J connectivity index is 1.78. The van der Waals surface area contributed by atoms with E-state index in [2.05, 4.69) is 24.4 Å². The molecule has 3 heteroatoms. The summed E-state index contributed by atoms with van der Waals surface area (Å²) in [6, 6.07) is 16.5. The fourth-order valence-electron chi connectivity index (χ4n) is 2.31. The van der Waals surface area contributed by atoms with Gasteiger partial charge in [0.1, 0.15) is 0 Å². The van der Waals surface area contributed by atoms with Gasteiger partial charge in [-0.15, -0.1) is 0 Å². The highest BCUT2D eigenvalue weighted by Gasteiger charge is 2.13. The fourth-order valence-corrected chi connectivity index (χ4v) is 2.31. The summed E-state index contributed by atoms with van der Waals surface area (Å²) in [5, 5.41) is 3.07. The van der Waals surface area contributed by atoms with E-state index >= 15 is 0 Å². The predicted octanol–water partition coefficient (Wildman–Crippen LogP) is 2.42. The molecule has 0 bridgehead atoms. The maximum Gasteiger partial charge on any atom is 0.286 e. The molecule has 1 atom stereocenters. The molecule has 1 aromatic carbocycles. The van der Waals surface area contributed by atoms with Crippen LogP contribution >= 0.6 is 0 Å². The van der Waals surface area contributed by atoms with E-state index in [1.54, 1.807) is 0 Å². The van der Waals surface area contributed by atoms with Gasteiger partial charge in [-0.25, -0.2) is 0 Å². The molecule has 2 rings (SSSR count). The SMILES string of the molecule is Cc1cccc[n+]1CC(=O)N[C@@H](C)CCc1ccccc1. The predicted molar refractivity (Wildman–Crippen MR) is 83.7 cm³/mol. The van der Waals surface area contributed by atoms with Gasteiger partial charge in [0.2, 0.25) is 6.54 Å². The number of hydrogen-bond acceptors (Lipinski definition) is 1. The highest BCUT2D eigenvalue weighted by molar-refractivity contribution is 5.74. The topological polar surface area (TPSA) is 33.0 Å². The summed E-state index contributed by atoms with van der Waals surface area (Å²) < 4.78 is 1.96. The van der Waals surface area contributed by atoms with Gasteiger partial charge in [-0.1, -0.05) is 36.4 Å². The lowest BCUT2D eigenvalue weighted by Gasteiger charge is -2.13. The zero-order chi connectivity index (χ0) is 15.1. The first-order valence-corrected chi connectivity index (χ1v) is 7.43. The van der Waals surface area contributed by atoms with Crippen molar-refractivity contribution in [2.75, 3.05) is 0 Å². The second-order valence-electron chi connectivity index (χ2n) is 5.46. The van der Waals surface area contributed by atoms with Crippen molar-refractivity contribution in [1.82, 2.24) is 5.32 Å². The van der Waals surface area contributed by atoms with Gasteiger partial charge in [-0.3, -0.25) is 4.79 Å². The highest BCUT2D eigenvalue weighted by Crippen LogP contribution is 2.04. The molecule has 0 fully saturated rings. The van der Waals surface area contributed by atoms with Crippen molar-refractivity contribution in [3.63, 3.8) is 0 Å². The largest absolute Gasteiger partial charge is 0.348 e. The van der Waals surface area contributed by atoms with Crippen molar-refractivity contribution >= 4 is 5.91 Å². The number of nitrogens with zero attached hydrogens (tertiary/aromatic N) is 1. The molecule has 0 radical (unpaired) electrons. The van der Waals surface area contributed by atoms with Gasteiger partial charge in [0, 0.05) is 25.1 Å². The molecule has 2 aromatic rings. The molecule has 0 aliphatic carbocycles. The third-order valence-corrected chi connectivity index (χ3v) is 3.60. The van der Waals surface area contributed by atoms with E-state index in [-0.39, 0.29) is 11.9 Å². The summed E-state index contributed by atoms with van der Waals surface area (Å²) in [4.78, 5) is 12.1. The van der Waals surface area contributed by atoms with Crippen LogP contribution in [-0.4, -0.2) is 11.9 Å². The minimum atomic E-state index is 0.0647. The Bertz CT molecular complexity index is 581. The van der Waals surface area contributed by atoms with Crippen molar-refractivity contribution < 1.29 is 9.36 Å². The molecule has 0 unspecified atom stereocenters. The summed E-state index contributed by atoms with van der Waals surface area (Å²) >= 11 is 0. The number of carbonyl (C=O) groups excluding carboxylic acids is 1. The normalized spacial score (nSPS) is 11.9. The molecule has 0 saturated heterocycles. The third kappa shape index (κ3) is 5.03. The summed E-state index contributed by atoms with van der Waals surface area (Å²) in [5.74, 6) is 0.0647. The molecule has 110 valence electrons. The van der Waals surface area contributed by atoms with Crippen molar-refractivity contribution in [3.05, 3.63) is 66.0 Å². The van der Waals surface area contributed by atoms with E-state index in [1.165, 1.54) is 5.56 Å². The van der Waals surface area contributed by atoms with E-state index in [0.717, 1.165) is 18.5 Å². The summed E-state index contributed by atoms with van der Waals surface area (Å²) in [6.45, 7) is 4.44. The molecule has 1 aromatic heterocycles. The molecule has 1 amide bonds.